The first-order chi connectivity index (χ1) is 13.7. The van der Waals surface area contributed by atoms with Gasteiger partial charge in [-0.2, -0.15) is 5.10 Å². The second-order valence-electron chi connectivity index (χ2n) is 6.44. The Balaban J connectivity index is 1.72. The molecule has 0 fully saturated rings. The molecule has 1 heterocycles. The fourth-order valence-corrected chi connectivity index (χ4v) is 4.52. The second-order valence-corrected chi connectivity index (χ2v) is 8.94. The van der Waals surface area contributed by atoms with Crippen molar-refractivity contribution in [1.29, 1.82) is 0 Å². The lowest BCUT2D eigenvalue weighted by atomic mass is 10.2. The maximum Gasteiger partial charge on any atom is 0.263 e. The Kier molecular flexibility index (Phi) is 6.16. The number of aromatic nitrogens is 2. The highest BCUT2D eigenvalue weighted by Gasteiger charge is 2.19. The SMILES string of the molecule is CN(Cc1cnn(C)c1)C(=O)c1ccc(NS(=O)(=O)c2cc(Cl)ccc2Cl)cc1. The lowest BCUT2D eigenvalue weighted by molar-refractivity contribution is 0.0785. The van der Waals surface area contributed by atoms with Crippen LogP contribution in [0.2, 0.25) is 10.0 Å². The molecule has 0 aliphatic carbocycles. The van der Waals surface area contributed by atoms with E-state index in [2.05, 4.69) is 9.82 Å². The zero-order chi connectivity index (χ0) is 21.2. The molecule has 10 heteroatoms. The highest BCUT2D eigenvalue weighted by Crippen LogP contribution is 2.27. The zero-order valence-corrected chi connectivity index (χ0v) is 18.0. The van der Waals surface area contributed by atoms with Gasteiger partial charge in [-0.1, -0.05) is 23.2 Å². The van der Waals surface area contributed by atoms with Gasteiger partial charge in [0, 0.05) is 48.7 Å². The van der Waals surface area contributed by atoms with Gasteiger partial charge in [0.1, 0.15) is 4.90 Å². The molecular formula is C19H18Cl2N4O3S. The maximum atomic E-state index is 12.6. The number of carbonyl (C=O) groups is 1. The average molecular weight is 453 g/mol. The van der Waals surface area contributed by atoms with E-state index < -0.39 is 10.0 Å². The Labute approximate surface area is 178 Å². The molecule has 0 radical (unpaired) electrons. The summed E-state index contributed by atoms with van der Waals surface area (Å²) in [5.41, 5.74) is 1.64. The summed E-state index contributed by atoms with van der Waals surface area (Å²) < 4.78 is 29.2. The second kappa shape index (κ2) is 8.44. The summed E-state index contributed by atoms with van der Waals surface area (Å²) in [6.07, 6.45) is 3.53. The van der Waals surface area contributed by atoms with Gasteiger partial charge in [-0.05, 0) is 42.5 Å². The van der Waals surface area contributed by atoms with Gasteiger partial charge in [-0.3, -0.25) is 14.2 Å². The summed E-state index contributed by atoms with van der Waals surface area (Å²) in [5.74, 6) is -0.193. The van der Waals surface area contributed by atoms with Crippen molar-refractivity contribution in [1.82, 2.24) is 14.7 Å². The van der Waals surface area contributed by atoms with Crippen LogP contribution in [-0.2, 0) is 23.6 Å². The number of aryl methyl sites for hydroxylation is 1. The summed E-state index contributed by atoms with van der Waals surface area (Å²) in [7, 11) is -0.430. The number of sulfonamides is 1. The molecule has 0 aliphatic heterocycles. The summed E-state index contributed by atoms with van der Waals surface area (Å²) in [6.45, 7) is 0.411. The number of nitrogens with one attached hydrogen (secondary N) is 1. The number of hydrogen-bond acceptors (Lipinski definition) is 4. The molecule has 2 aromatic carbocycles. The fraction of sp³-hybridized carbons (Fsp3) is 0.158. The molecule has 3 rings (SSSR count). The highest BCUT2D eigenvalue weighted by molar-refractivity contribution is 7.92. The van der Waals surface area contributed by atoms with E-state index in [-0.39, 0.29) is 20.8 Å². The van der Waals surface area contributed by atoms with E-state index in [0.29, 0.717) is 17.8 Å². The van der Waals surface area contributed by atoms with Crippen LogP contribution in [0.1, 0.15) is 15.9 Å². The van der Waals surface area contributed by atoms with Crippen molar-refractivity contribution in [2.24, 2.45) is 7.05 Å². The molecule has 0 unspecified atom stereocenters. The maximum absolute atomic E-state index is 12.6. The van der Waals surface area contributed by atoms with E-state index in [1.165, 1.54) is 30.3 Å². The molecule has 152 valence electrons. The van der Waals surface area contributed by atoms with Crippen molar-refractivity contribution in [3.05, 3.63) is 76.0 Å². The Bertz CT molecular complexity index is 1140. The number of halogens is 2. The molecule has 29 heavy (non-hydrogen) atoms. The van der Waals surface area contributed by atoms with Crippen molar-refractivity contribution in [2.45, 2.75) is 11.4 Å². The predicted octanol–water partition coefficient (Wildman–Crippen LogP) is 3.80. The number of benzene rings is 2. The van der Waals surface area contributed by atoms with E-state index in [1.54, 1.807) is 35.0 Å². The molecule has 0 bridgehead atoms. The van der Waals surface area contributed by atoms with Gasteiger partial charge in [0.05, 0.1) is 11.2 Å². The van der Waals surface area contributed by atoms with Crippen LogP contribution in [0, 0.1) is 0 Å². The minimum absolute atomic E-state index is 0.0609. The van der Waals surface area contributed by atoms with E-state index >= 15 is 0 Å². The number of anilines is 1. The van der Waals surface area contributed by atoms with Crippen LogP contribution >= 0.6 is 23.2 Å². The molecule has 0 atom stereocenters. The van der Waals surface area contributed by atoms with Gasteiger partial charge in [0.15, 0.2) is 0 Å². The first kappa shape index (κ1) is 21.2. The summed E-state index contributed by atoms with van der Waals surface area (Å²) in [4.78, 5) is 14.0. The quantitative estimate of drug-likeness (QED) is 0.616. The third-order valence-electron chi connectivity index (χ3n) is 4.09. The van der Waals surface area contributed by atoms with Crippen molar-refractivity contribution >= 4 is 44.8 Å². The van der Waals surface area contributed by atoms with Crippen LogP contribution < -0.4 is 4.72 Å². The van der Waals surface area contributed by atoms with E-state index in [4.69, 9.17) is 23.2 Å². The van der Waals surface area contributed by atoms with Crippen molar-refractivity contribution in [3.8, 4) is 0 Å². The summed E-state index contributed by atoms with van der Waals surface area (Å²) >= 11 is 11.9. The normalized spacial score (nSPS) is 11.3. The highest BCUT2D eigenvalue weighted by atomic mass is 35.5. The van der Waals surface area contributed by atoms with Crippen molar-refractivity contribution in [3.63, 3.8) is 0 Å². The van der Waals surface area contributed by atoms with E-state index in [0.717, 1.165) is 5.56 Å². The first-order valence-corrected chi connectivity index (χ1v) is 10.7. The van der Waals surface area contributed by atoms with Crippen molar-refractivity contribution < 1.29 is 13.2 Å². The molecule has 0 saturated carbocycles. The van der Waals surface area contributed by atoms with Crippen LogP contribution in [0.25, 0.3) is 0 Å². The predicted molar refractivity (Wildman–Crippen MR) is 113 cm³/mol. The lowest BCUT2D eigenvalue weighted by Crippen LogP contribution is -2.26. The Morgan fingerprint density at radius 2 is 1.86 bits per heavy atom. The van der Waals surface area contributed by atoms with Gasteiger partial charge >= 0.3 is 0 Å². The minimum atomic E-state index is -3.93. The molecule has 0 aliphatic rings. The summed E-state index contributed by atoms with van der Waals surface area (Å²) in [5, 5.41) is 4.40. The van der Waals surface area contributed by atoms with Gasteiger partial charge in [0.2, 0.25) is 0 Å². The largest absolute Gasteiger partial charge is 0.337 e. The minimum Gasteiger partial charge on any atom is -0.337 e. The van der Waals surface area contributed by atoms with Gasteiger partial charge in [-0.15, -0.1) is 0 Å². The summed E-state index contributed by atoms with van der Waals surface area (Å²) in [6, 6.07) is 10.3. The number of nitrogens with zero attached hydrogens (tertiary/aromatic N) is 3. The molecule has 1 aromatic heterocycles. The van der Waals surface area contributed by atoms with Gasteiger partial charge < -0.3 is 4.90 Å². The molecule has 0 saturated heterocycles. The molecule has 1 N–H and O–H groups in total. The van der Waals surface area contributed by atoms with Crippen molar-refractivity contribution in [2.75, 3.05) is 11.8 Å². The third-order valence-corrected chi connectivity index (χ3v) is 6.19. The van der Waals surface area contributed by atoms with Crippen LogP contribution in [0.3, 0.4) is 0 Å². The van der Waals surface area contributed by atoms with Gasteiger partial charge in [0.25, 0.3) is 15.9 Å². The van der Waals surface area contributed by atoms with Gasteiger partial charge in [-0.25, -0.2) is 8.42 Å². The fourth-order valence-electron chi connectivity index (χ4n) is 2.69. The molecule has 0 spiro atoms. The number of amides is 1. The smallest absolute Gasteiger partial charge is 0.263 e. The van der Waals surface area contributed by atoms with Crippen LogP contribution in [0.15, 0.2) is 59.8 Å². The number of hydrogen-bond donors (Lipinski definition) is 1. The third kappa shape index (κ3) is 5.09. The average Bonchev–Trinajstić information content (AvgIpc) is 3.08. The molecule has 3 aromatic rings. The van der Waals surface area contributed by atoms with E-state index in [9.17, 15) is 13.2 Å². The lowest BCUT2D eigenvalue weighted by Gasteiger charge is -2.16. The monoisotopic (exact) mass is 452 g/mol. The van der Waals surface area contributed by atoms with Crippen LogP contribution in [0.4, 0.5) is 5.69 Å². The number of rotatable bonds is 6. The first-order valence-electron chi connectivity index (χ1n) is 8.46. The zero-order valence-electron chi connectivity index (χ0n) is 15.6. The Morgan fingerprint density at radius 3 is 2.48 bits per heavy atom. The molecule has 1 amide bonds. The Morgan fingerprint density at radius 1 is 1.17 bits per heavy atom. The Hall–Kier alpha value is -2.55. The standard InChI is InChI=1S/C19H18Cl2N4O3S/c1-24(11-13-10-22-25(2)12-13)19(26)14-3-6-16(7-4-14)23-29(27,28)18-9-15(20)5-8-17(18)21/h3-10,12,23H,11H2,1-2H3. The van der Waals surface area contributed by atoms with Crippen LogP contribution in [-0.4, -0.2) is 36.1 Å². The number of carbonyl (C=O) groups excluding carboxylic acids is 1. The van der Waals surface area contributed by atoms with Crippen LogP contribution in [0.5, 0.6) is 0 Å². The molecular weight excluding hydrogens is 435 g/mol. The molecule has 7 nitrogen and oxygen atoms in total. The van der Waals surface area contributed by atoms with E-state index in [1.807, 2.05) is 13.2 Å². The topological polar surface area (TPSA) is 84.3 Å².